The second-order valence-electron chi connectivity index (χ2n) is 4.92. The fraction of sp³-hybridized carbons (Fsp3) is 0.429. The number of aryl methyl sites for hydroxylation is 1. The van der Waals surface area contributed by atoms with Crippen molar-refractivity contribution in [3.8, 4) is 11.5 Å². The number of para-hydroxylation sites is 2. The Balaban J connectivity index is 1.56. The molecule has 1 aliphatic heterocycles. The SMILES string of the molecule is Cc1nc(CN(C)C[C@@H]2COc3ccccc3O2)no1. The van der Waals surface area contributed by atoms with Gasteiger partial charge in [0.05, 0.1) is 6.54 Å². The molecule has 0 radical (unpaired) electrons. The van der Waals surface area contributed by atoms with Crippen LogP contribution in [-0.4, -0.2) is 41.3 Å². The molecular weight excluding hydrogens is 258 g/mol. The Morgan fingerprint density at radius 3 is 2.85 bits per heavy atom. The monoisotopic (exact) mass is 275 g/mol. The predicted molar refractivity (Wildman–Crippen MR) is 71.7 cm³/mol. The number of nitrogens with zero attached hydrogens (tertiary/aromatic N) is 3. The largest absolute Gasteiger partial charge is 0.486 e. The smallest absolute Gasteiger partial charge is 0.223 e. The van der Waals surface area contributed by atoms with Gasteiger partial charge < -0.3 is 14.0 Å². The van der Waals surface area contributed by atoms with E-state index in [9.17, 15) is 0 Å². The summed E-state index contributed by atoms with van der Waals surface area (Å²) >= 11 is 0. The van der Waals surface area contributed by atoms with Crippen molar-refractivity contribution in [2.45, 2.75) is 19.6 Å². The zero-order valence-electron chi connectivity index (χ0n) is 11.6. The molecule has 0 unspecified atom stereocenters. The third kappa shape index (κ3) is 2.91. The Labute approximate surface area is 117 Å². The lowest BCUT2D eigenvalue weighted by molar-refractivity contribution is 0.0630. The minimum atomic E-state index is 0.00268. The minimum Gasteiger partial charge on any atom is -0.486 e. The van der Waals surface area contributed by atoms with Crippen LogP contribution in [0.2, 0.25) is 0 Å². The Bertz CT molecular complexity index is 585. The highest BCUT2D eigenvalue weighted by atomic mass is 16.6. The minimum absolute atomic E-state index is 0.00268. The van der Waals surface area contributed by atoms with Crippen molar-refractivity contribution in [1.82, 2.24) is 15.0 Å². The maximum atomic E-state index is 5.91. The van der Waals surface area contributed by atoms with Crippen LogP contribution >= 0.6 is 0 Å². The molecule has 0 bridgehead atoms. The maximum absolute atomic E-state index is 5.91. The van der Waals surface area contributed by atoms with Gasteiger partial charge in [-0.1, -0.05) is 17.3 Å². The van der Waals surface area contributed by atoms with Crippen LogP contribution in [0.15, 0.2) is 28.8 Å². The Morgan fingerprint density at radius 1 is 1.30 bits per heavy atom. The fourth-order valence-corrected chi connectivity index (χ4v) is 2.21. The Morgan fingerprint density at radius 2 is 2.10 bits per heavy atom. The van der Waals surface area contributed by atoms with E-state index in [1.54, 1.807) is 6.92 Å². The van der Waals surface area contributed by atoms with Crippen LogP contribution in [0.25, 0.3) is 0 Å². The van der Waals surface area contributed by atoms with Gasteiger partial charge >= 0.3 is 0 Å². The first-order valence-corrected chi connectivity index (χ1v) is 6.57. The van der Waals surface area contributed by atoms with Gasteiger partial charge in [-0.25, -0.2) is 0 Å². The van der Waals surface area contributed by atoms with Gasteiger partial charge in [0.2, 0.25) is 5.89 Å². The van der Waals surface area contributed by atoms with Gasteiger partial charge in [0.15, 0.2) is 17.3 Å². The number of ether oxygens (including phenoxy) is 2. The second-order valence-corrected chi connectivity index (χ2v) is 4.92. The third-order valence-corrected chi connectivity index (χ3v) is 3.06. The van der Waals surface area contributed by atoms with E-state index in [2.05, 4.69) is 15.0 Å². The summed E-state index contributed by atoms with van der Waals surface area (Å²) in [5.74, 6) is 2.87. The normalized spacial score (nSPS) is 17.4. The first-order valence-electron chi connectivity index (χ1n) is 6.57. The molecule has 0 spiro atoms. The molecule has 0 aliphatic carbocycles. The maximum Gasteiger partial charge on any atom is 0.223 e. The van der Waals surface area contributed by atoms with Gasteiger partial charge in [0, 0.05) is 13.5 Å². The average molecular weight is 275 g/mol. The van der Waals surface area contributed by atoms with Crippen LogP contribution in [0.1, 0.15) is 11.7 Å². The molecule has 0 amide bonds. The van der Waals surface area contributed by atoms with Gasteiger partial charge in [-0.05, 0) is 19.2 Å². The summed E-state index contributed by atoms with van der Waals surface area (Å²) in [5.41, 5.74) is 0. The van der Waals surface area contributed by atoms with Gasteiger partial charge in [-0.3, -0.25) is 4.90 Å². The van der Waals surface area contributed by atoms with E-state index in [-0.39, 0.29) is 6.10 Å². The zero-order valence-corrected chi connectivity index (χ0v) is 11.6. The van der Waals surface area contributed by atoms with Crippen molar-refractivity contribution in [3.63, 3.8) is 0 Å². The van der Waals surface area contributed by atoms with E-state index in [1.165, 1.54) is 0 Å². The van der Waals surface area contributed by atoms with Crippen LogP contribution < -0.4 is 9.47 Å². The summed E-state index contributed by atoms with van der Waals surface area (Å²) in [6, 6.07) is 7.71. The van der Waals surface area contributed by atoms with Crippen molar-refractivity contribution in [1.29, 1.82) is 0 Å². The molecule has 0 saturated carbocycles. The number of hydrogen-bond donors (Lipinski definition) is 0. The van der Waals surface area contributed by atoms with Gasteiger partial charge in [-0.15, -0.1) is 0 Å². The highest BCUT2D eigenvalue weighted by molar-refractivity contribution is 5.40. The molecule has 3 rings (SSSR count). The predicted octanol–water partition coefficient (Wildman–Crippen LogP) is 1.65. The summed E-state index contributed by atoms with van der Waals surface area (Å²) in [5, 5.41) is 3.88. The molecule has 0 N–H and O–H groups in total. The molecular formula is C14H17N3O3. The van der Waals surface area contributed by atoms with Crippen LogP contribution in [0, 0.1) is 6.92 Å². The summed E-state index contributed by atoms with van der Waals surface area (Å²) in [7, 11) is 2.00. The second kappa shape index (κ2) is 5.50. The molecule has 1 aromatic carbocycles. The van der Waals surface area contributed by atoms with Crippen molar-refractivity contribution in [2.75, 3.05) is 20.2 Å². The molecule has 2 heterocycles. The van der Waals surface area contributed by atoms with Crippen LogP contribution in [-0.2, 0) is 6.54 Å². The van der Waals surface area contributed by atoms with Gasteiger partial charge in [-0.2, -0.15) is 4.98 Å². The van der Waals surface area contributed by atoms with E-state index >= 15 is 0 Å². The Kier molecular flexibility index (Phi) is 3.56. The number of hydrogen-bond acceptors (Lipinski definition) is 6. The fourth-order valence-electron chi connectivity index (χ4n) is 2.21. The van der Waals surface area contributed by atoms with Crippen molar-refractivity contribution in [3.05, 3.63) is 36.0 Å². The van der Waals surface area contributed by atoms with E-state index in [0.29, 0.717) is 24.9 Å². The van der Waals surface area contributed by atoms with Crippen LogP contribution in [0.5, 0.6) is 11.5 Å². The number of aromatic nitrogens is 2. The summed E-state index contributed by atoms with van der Waals surface area (Å²) < 4.78 is 16.6. The van der Waals surface area contributed by atoms with Crippen LogP contribution in [0.3, 0.4) is 0 Å². The molecule has 6 nitrogen and oxygen atoms in total. The number of likely N-dealkylation sites (N-methyl/N-ethyl adjacent to an activating group) is 1. The van der Waals surface area contributed by atoms with Gasteiger partial charge in [0.1, 0.15) is 12.7 Å². The average Bonchev–Trinajstić information content (AvgIpc) is 2.83. The summed E-state index contributed by atoms with van der Waals surface area (Å²) in [4.78, 5) is 6.28. The lowest BCUT2D eigenvalue weighted by Gasteiger charge is -2.29. The van der Waals surface area contributed by atoms with E-state index in [4.69, 9.17) is 14.0 Å². The molecule has 106 valence electrons. The Hall–Kier alpha value is -2.08. The number of rotatable bonds is 4. The van der Waals surface area contributed by atoms with E-state index < -0.39 is 0 Å². The molecule has 1 aromatic heterocycles. The molecule has 0 saturated heterocycles. The van der Waals surface area contributed by atoms with Crippen LogP contribution in [0.4, 0.5) is 0 Å². The van der Waals surface area contributed by atoms with Crippen molar-refractivity contribution < 1.29 is 14.0 Å². The van der Waals surface area contributed by atoms with Gasteiger partial charge in [0.25, 0.3) is 0 Å². The molecule has 6 heteroatoms. The molecule has 0 fully saturated rings. The van der Waals surface area contributed by atoms with Crippen molar-refractivity contribution >= 4 is 0 Å². The van der Waals surface area contributed by atoms with E-state index in [1.807, 2.05) is 31.3 Å². The standard InChI is InChI=1S/C14H17N3O3/c1-10-15-14(16-20-10)8-17(2)7-11-9-18-12-5-3-4-6-13(12)19-11/h3-6,11H,7-9H2,1-2H3/t11-/m1/s1. The lowest BCUT2D eigenvalue weighted by atomic mass is 10.2. The quantitative estimate of drug-likeness (QED) is 0.845. The summed E-state index contributed by atoms with van der Waals surface area (Å²) in [6.45, 7) is 3.69. The first-order chi connectivity index (χ1) is 9.70. The number of fused-ring (bicyclic) bond motifs is 1. The molecule has 1 atom stereocenters. The highest BCUT2D eigenvalue weighted by Crippen LogP contribution is 2.30. The number of benzene rings is 1. The molecule has 2 aromatic rings. The zero-order chi connectivity index (χ0) is 13.9. The van der Waals surface area contributed by atoms with E-state index in [0.717, 1.165) is 18.0 Å². The highest BCUT2D eigenvalue weighted by Gasteiger charge is 2.22. The topological polar surface area (TPSA) is 60.6 Å². The summed E-state index contributed by atoms with van der Waals surface area (Å²) in [6.07, 6.45) is 0.00268. The third-order valence-electron chi connectivity index (χ3n) is 3.06. The first kappa shape index (κ1) is 12.9. The van der Waals surface area contributed by atoms with Crippen molar-refractivity contribution in [2.24, 2.45) is 0 Å². The lowest BCUT2D eigenvalue weighted by Crippen LogP contribution is -2.39. The molecule has 20 heavy (non-hydrogen) atoms. The molecule has 1 aliphatic rings.